The minimum absolute atomic E-state index is 0.268. The summed E-state index contributed by atoms with van der Waals surface area (Å²) in [6, 6.07) is 0. The maximum absolute atomic E-state index is 8.91. The molecule has 3 N–H and O–H groups in total. The highest BCUT2D eigenvalue weighted by atomic mass is 16.3. The molecule has 3 heteroatoms. The monoisotopic (exact) mass is 218 g/mol. The largest absolute Gasteiger partial charge is 0.396 e. The Bertz CT molecular complexity index is 117. The van der Waals surface area contributed by atoms with Gasteiger partial charge in [-0.2, -0.15) is 0 Å². The lowest BCUT2D eigenvalue weighted by atomic mass is 9.93. The Kier molecular flexibility index (Phi) is 11.9. The van der Waals surface area contributed by atoms with Gasteiger partial charge in [0.2, 0.25) is 0 Å². The fourth-order valence-electron chi connectivity index (χ4n) is 1.88. The van der Waals surface area contributed by atoms with E-state index in [1.807, 2.05) is 0 Å². The summed E-state index contributed by atoms with van der Waals surface area (Å²) in [4.78, 5) is 0. The van der Waals surface area contributed by atoms with Crippen LogP contribution in [0, 0.1) is 5.92 Å². The quantitative estimate of drug-likeness (QED) is 0.463. The molecule has 1 unspecified atom stereocenters. The first-order chi connectivity index (χ1) is 7.35. The predicted molar refractivity (Wildman–Crippen MR) is 61.7 cm³/mol. The molecular formula is C12H26O3. The van der Waals surface area contributed by atoms with Gasteiger partial charge in [-0.25, -0.2) is 0 Å². The summed E-state index contributed by atoms with van der Waals surface area (Å²) in [5.74, 6) is 0.597. The highest BCUT2D eigenvalue weighted by Crippen LogP contribution is 2.19. The highest BCUT2D eigenvalue weighted by Gasteiger charge is 2.07. The van der Waals surface area contributed by atoms with Gasteiger partial charge in [0.1, 0.15) is 0 Å². The van der Waals surface area contributed by atoms with Crippen LogP contribution in [0.1, 0.15) is 51.4 Å². The van der Waals surface area contributed by atoms with Gasteiger partial charge in [-0.3, -0.25) is 0 Å². The molecule has 0 spiro atoms. The van der Waals surface area contributed by atoms with Gasteiger partial charge in [0.15, 0.2) is 0 Å². The van der Waals surface area contributed by atoms with Crippen molar-refractivity contribution in [3.05, 3.63) is 0 Å². The Balaban J connectivity index is 3.44. The standard InChI is InChI=1S/C12H26O3/c13-9-4-1-2-6-12(8-11-15)7-3-5-10-14/h12-15H,1-11H2. The van der Waals surface area contributed by atoms with Gasteiger partial charge < -0.3 is 15.3 Å². The second kappa shape index (κ2) is 12.0. The van der Waals surface area contributed by atoms with Crippen molar-refractivity contribution in [1.29, 1.82) is 0 Å². The SMILES string of the molecule is OCCCCCC(CCO)CCCCO. The lowest BCUT2D eigenvalue weighted by Gasteiger charge is -2.15. The molecule has 3 nitrogen and oxygen atoms in total. The van der Waals surface area contributed by atoms with Crippen LogP contribution < -0.4 is 0 Å². The summed E-state index contributed by atoms with van der Waals surface area (Å²) in [6.45, 7) is 0.829. The first kappa shape index (κ1) is 14.9. The molecule has 0 fully saturated rings. The Hall–Kier alpha value is -0.120. The molecular weight excluding hydrogens is 192 g/mol. The minimum Gasteiger partial charge on any atom is -0.396 e. The Morgan fingerprint density at radius 2 is 1.07 bits per heavy atom. The van der Waals surface area contributed by atoms with Gasteiger partial charge in [0.25, 0.3) is 0 Å². The van der Waals surface area contributed by atoms with Crippen LogP contribution in [-0.2, 0) is 0 Å². The lowest BCUT2D eigenvalue weighted by molar-refractivity contribution is 0.232. The van der Waals surface area contributed by atoms with Crippen molar-refractivity contribution in [2.45, 2.75) is 51.4 Å². The molecule has 15 heavy (non-hydrogen) atoms. The lowest BCUT2D eigenvalue weighted by Crippen LogP contribution is -2.04. The number of aliphatic hydroxyl groups is 3. The van der Waals surface area contributed by atoms with Crippen molar-refractivity contribution < 1.29 is 15.3 Å². The normalized spacial score (nSPS) is 13.0. The third kappa shape index (κ3) is 10.2. The fourth-order valence-corrected chi connectivity index (χ4v) is 1.88. The van der Waals surface area contributed by atoms with Gasteiger partial charge in [0.05, 0.1) is 0 Å². The third-order valence-electron chi connectivity index (χ3n) is 2.83. The maximum Gasteiger partial charge on any atom is 0.0433 e. The molecule has 0 radical (unpaired) electrons. The van der Waals surface area contributed by atoms with E-state index in [1.54, 1.807) is 0 Å². The average Bonchev–Trinajstić information content (AvgIpc) is 2.24. The zero-order valence-electron chi connectivity index (χ0n) is 9.70. The summed E-state index contributed by atoms with van der Waals surface area (Å²) in [6.07, 6.45) is 8.18. The first-order valence-electron chi connectivity index (χ1n) is 6.17. The van der Waals surface area contributed by atoms with Gasteiger partial charge in [-0.1, -0.05) is 32.1 Å². The van der Waals surface area contributed by atoms with E-state index < -0.39 is 0 Å². The smallest absolute Gasteiger partial charge is 0.0433 e. The molecule has 1 atom stereocenters. The van der Waals surface area contributed by atoms with Gasteiger partial charge in [0, 0.05) is 19.8 Å². The molecule has 0 saturated heterocycles. The molecule has 0 heterocycles. The van der Waals surface area contributed by atoms with Crippen molar-refractivity contribution in [3.8, 4) is 0 Å². The topological polar surface area (TPSA) is 60.7 Å². The molecule has 0 aliphatic rings. The summed E-state index contributed by atoms with van der Waals surface area (Å²) < 4.78 is 0. The third-order valence-corrected chi connectivity index (χ3v) is 2.83. The fraction of sp³-hybridized carbons (Fsp3) is 1.00. The number of hydrogen-bond acceptors (Lipinski definition) is 3. The molecule has 0 aromatic rings. The van der Waals surface area contributed by atoms with Crippen LogP contribution in [0.15, 0.2) is 0 Å². The zero-order chi connectivity index (χ0) is 11.4. The van der Waals surface area contributed by atoms with Crippen molar-refractivity contribution >= 4 is 0 Å². The number of aliphatic hydroxyl groups excluding tert-OH is 3. The second-order valence-electron chi connectivity index (χ2n) is 4.17. The van der Waals surface area contributed by atoms with Crippen molar-refractivity contribution in [1.82, 2.24) is 0 Å². The summed E-state index contributed by atoms with van der Waals surface area (Å²) in [5.41, 5.74) is 0. The molecule has 0 aromatic carbocycles. The molecule has 0 rings (SSSR count). The van der Waals surface area contributed by atoms with Crippen LogP contribution in [-0.4, -0.2) is 35.1 Å². The van der Waals surface area contributed by atoms with E-state index in [1.165, 1.54) is 0 Å². The van der Waals surface area contributed by atoms with Crippen LogP contribution in [0.4, 0.5) is 0 Å². The van der Waals surface area contributed by atoms with E-state index in [0.717, 1.165) is 51.4 Å². The van der Waals surface area contributed by atoms with Crippen LogP contribution in [0.2, 0.25) is 0 Å². The molecule has 0 aromatic heterocycles. The van der Waals surface area contributed by atoms with E-state index in [-0.39, 0.29) is 19.8 Å². The molecule has 0 saturated carbocycles. The van der Waals surface area contributed by atoms with Gasteiger partial charge in [-0.15, -0.1) is 0 Å². The summed E-state index contributed by atoms with van der Waals surface area (Å²) in [5, 5.41) is 26.2. The first-order valence-corrected chi connectivity index (χ1v) is 6.17. The van der Waals surface area contributed by atoms with Crippen molar-refractivity contribution in [2.75, 3.05) is 19.8 Å². The van der Waals surface area contributed by atoms with E-state index in [9.17, 15) is 0 Å². The van der Waals surface area contributed by atoms with Gasteiger partial charge in [-0.05, 0) is 25.2 Å². The molecule has 0 bridgehead atoms. The number of rotatable bonds is 11. The maximum atomic E-state index is 8.91. The molecule has 0 amide bonds. The van der Waals surface area contributed by atoms with E-state index in [2.05, 4.69) is 0 Å². The van der Waals surface area contributed by atoms with Crippen molar-refractivity contribution in [2.24, 2.45) is 5.92 Å². The number of unbranched alkanes of at least 4 members (excludes halogenated alkanes) is 3. The second-order valence-corrected chi connectivity index (χ2v) is 4.17. The average molecular weight is 218 g/mol. The van der Waals surface area contributed by atoms with E-state index in [4.69, 9.17) is 15.3 Å². The van der Waals surface area contributed by atoms with Crippen LogP contribution in [0.25, 0.3) is 0 Å². The summed E-state index contributed by atoms with van der Waals surface area (Å²) in [7, 11) is 0. The van der Waals surface area contributed by atoms with Crippen LogP contribution >= 0.6 is 0 Å². The number of hydrogen-bond donors (Lipinski definition) is 3. The zero-order valence-corrected chi connectivity index (χ0v) is 9.70. The van der Waals surface area contributed by atoms with Crippen LogP contribution in [0.5, 0.6) is 0 Å². The van der Waals surface area contributed by atoms with Crippen molar-refractivity contribution in [3.63, 3.8) is 0 Å². The van der Waals surface area contributed by atoms with E-state index >= 15 is 0 Å². The molecule has 0 aliphatic heterocycles. The van der Waals surface area contributed by atoms with Crippen LogP contribution in [0.3, 0.4) is 0 Å². The highest BCUT2D eigenvalue weighted by molar-refractivity contribution is 4.60. The summed E-state index contributed by atoms with van der Waals surface area (Å²) >= 11 is 0. The Labute approximate surface area is 93.1 Å². The molecule has 0 aliphatic carbocycles. The molecule has 92 valence electrons. The van der Waals surface area contributed by atoms with E-state index in [0.29, 0.717) is 5.92 Å². The van der Waals surface area contributed by atoms with Gasteiger partial charge >= 0.3 is 0 Å². The Morgan fingerprint density at radius 3 is 1.60 bits per heavy atom. The minimum atomic E-state index is 0.268. The predicted octanol–water partition coefficient (Wildman–Crippen LogP) is 1.70. The Morgan fingerprint density at radius 1 is 0.533 bits per heavy atom.